The SMILES string of the molecule is COCC1=C[C@H](c2ccccc2)[C@@H](C(=O)OC)C2=C1[C@H](O[Si](C)(C)C(C)(C)C)C(C)(C)C2. The summed E-state index contributed by atoms with van der Waals surface area (Å²) in [5.41, 5.74) is 4.48. The second kappa shape index (κ2) is 8.92. The molecule has 0 bridgehead atoms. The molecular weight excluding hydrogens is 416 g/mol. The zero-order valence-corrected chi connectivity index (χ0v) is 22.2. The molecule has 1 aromatic carbocycles. The maximum atomic E-state index is 13.2. The molecule has 2 aliphatic rings. The average Bonchev–Trinajstić information content (AvgIpc) is 2.97. The van der Waals surface area contributed by atoms with Gasteiger partial charge in [-0.05, 0) is 52.3 Å². The van der Waals surface area contributed by atoms with Crippen LogP contribution >= 0.6 is 0 Å². The van der Waals surface area contributed by atoms with E-state index in [2.05, 4.69) is 65.9 Å². The van der Waals surface area contributed by atoms with Crippen molar-refractivity contribution in [3.63, 3.8) is 0 Å². The molecule has 0 fully saturated rings. The van der Waals surface area contributed by atoms with Crippen molar-refractivity contribution in [3.8, 4) is 0 Å². The molecule has 176 valence electrons. The van der Waals surface area contributed by atoms with Gasteiger partial charge in [0, 0.05) is 13.0 Å². The van der Waals surface area contributed by atoms with Crippen LogP contribution in [0.1, 0.15) is 52.5 Å². The zero-order valence-electron chi connectivity index (χ0n) is 21.2. The summed E-state index contributed by atoms with van der Waals surface area (Å²) >= 11 is 0. The lowest BCUT2D eigenvalue weighted by Gasteiger charge is -2.43. The smallest absolute Gasteiger partial charge is 0.313 e. The van der Waals surface area contributed by atoms with Crippen LogP contribution in [0.25, 0.3) is 0 Å². The molecule has 0 N–H and O–H groups in total. The fourth-order valence-electron chi connectivity index (χ4n) is 4.86. The van der Waals surface area contributed by atoms with Crippen LogP contribution in [0.15, 0.2) is 53.1 Å². The van der Waals surface area contributed by atoms with Crippen molar-refractivity contribution in [2.75, 3.05) is 20.8 Å². The number of allylic oxidation sites excluding steroid dienone is 1. The third-order valence-corrected chi connectivity index (χ3v) is 12.0. The lowest BCUT2D eigenvalue weighted by molar-refractivity contribution is -0.144. The standard InChI is InChI=1S/C27H40O4Si/c1-26(2,3)32(8,9)31-24-22-19(17-29-6)15-20(18-13-11-10-12-14-18)23(25(28)30-7)21(22)16-27(24,4)5/h10-15,20,23-24H,16-17H2,1-9H3/t20-,23-,24+/m1/s1. The lowest BCUT2D eigenvalue weighted by atomic mass is 9.73. The second-order valence-electron chi connectivity index (χ2n) is 11.4. The monoisotopic (exact) mass is 456 g/mol. The van der Waals surface area contributed by atoms with Crippen molar-refractivity contribution in [1.29, 1.82) is 0 Å². The number of rotatable bonds is 6. The molecule has 0 aliphatic heterocycles. The summed E-state index contributed by atoms with van der Waals surface area (Å²) in [5, 5.41) is 0.0977. The lowest BCUT2D eigenvalue weighted by Crippen LogP contribution is -2.47. The number of carbonyl (C=O) groups excluding carboxylic acids is 1. The van der Waals surface area contributed by atoms with Crippen LogP contribution in [-0.2, 0) is 18.7 Å². The molecule has 0 radical (unpaired) electrons. The van der Waals surface area contributed by atoms with Gasteiger partial charge in [0.05, 0.1) is 25.7 Å². The highest BCUT2D eigenvalue weighted by molar-refractivity contribution is 6.74. The first-order valence-electron chi connectivity index (χ1n) is 11.6. The molecule has 0 saturated carbocycles. The largest absolute Gasteiger partial charge is 0.469 e. The molecule has 4 nitrogen and oxygen atoms in total. The van der Waals surface area contributed by atoms with Crippen molar-refractivity contribution in [2.24, 2.45) is 11.3 Å². The van der Waals surface area contributed by atoms with E-state index < -0.39 is 8.32 Å². The van der Waals surface area contributed by atoms with Crippen LogP contribution in [0.3, 0.4) is 0 Å². The van der Waals surface area contributed by atoms with E-state index in [-0.39, 0.29) is 34.4 Å². The second-order valence-corrected chi connectivity index (χ2v) is 16.2. The van der Waals surface area contributed by atoms with Crippen molar-refractivity contribution >= 4 is 14.3 Å². The Morgan fingerprint density at radius 2 is 1.75 bits per heavy atom. The first kappa shape index (κ1) is 24.9. The van der Waals surface area contributed by atoms with Gasteiger partial charge < -0.3 is 13.9 Å². The Kier molecular flexibility index (Phi) is 6.95. The van der Waals surface area contributed by atoms with E-state index >= 15 is 0 Å². The van der Waals surface area contributed by atoms with Crippen molar-refractivity contribution in [2.45, 2.75) is 71.2 Å². The third kappa shape index (κ3) is 4.52. The number of carbonyl (C=O) groups is 1. The molecule has 3 rings (SSSR count). The van der Waals surface area contributed by atoms with Gasteiger partial charge in [0.2, 0.25) is 0 Å². The maximum Gasteiger partial charge on any atom is 0.313 e. The van der Waals surface area contributed by atoms with E-state index in [0.29, 0.717) is 6.61 Å². The minimum atomic E-state index is -2.04. The molecule has 0 saturated heterocycles. The predicted octanol–water partition coefficient (Wildman–Crippen LogP) is 6.26. The Morgan fingerprint density at radius 1 is 1.12 bits per heavy atom. The molecule has 0 heterocycles. The Bertz CT molecular complexity index is 905. The molecule has 0 aromatic heterocycles. The van der Waals surface area contributed by atoms with Crippen LogP contribution in [-0.4, -0.2) is 41.2 Å². The van der Waals surface area contributed by atoms with E-state index in [1.807, 2.05) is 18.2 Å². The van der Waals surface area contributed by atoms with E-state index in [1.165, 1.54) is 12.7 Å². The molecule has 0 unspecified atom stereocenters. The number of methoxy groups -OCH3 is 2. The Hall–Kier alpha value is -1.69. The quantitative estimate of drug-likeness (QED) is 0.374. The highest BCUT2D eigenvalue weighted by Crippen LogP contribution is 2.56. The van der Waals surface area contributed by atoms with Gasteiger partial charge in [0.25, 0.3) is 0 Å². The van der Waals surface area contributed by atoms with Crippen LogP contribution in [0.4, 0.5) is 0 Å². The summed E-state index contributed by atoms with van der Waals surface area (Å²) in [5.74, 6) is -0.594. The zero-order chi connectivity index (χ0) is 23.9. The molecular formula is C27H40O4Si. The fraction of sp³-hybridized carbons (Fsp3) is 0.593. The van der Waals surface area contributed by atoms with E-state index in [4.69, 9.17) is 13.9 Å². The number of hydrogen-bond donors (Lipinski definition) is 0. The Balaban J connectivity index is 2.17. The van der Waals surface area contributed by atoms with Crippen LogP contribution in [0.5, 0.6) is 0 Å². The highest BCUT2D eigenvalue weighted by atomic mass is 28.4. The van der Waals surface area contributed by atoms with Gasteiger partial charge in [-0.2, -0.15) is 0 Å². The summed E-state index contributed by atoms with van der Waals surface area (Å²) in [6.07, 6.45) is 2.97. The summed E-state index contributed by atoms with van der Waals surface area (Å²) < 4.78 is 18.0. The molecule has 3 atom stereocenters. The van der Waals surface area contributed by atoms with E-state index in [9.17, 15) is 4.79 Å². The van der Waals surface area contributed by atoms with Gasteiger partial charge in [0.15, 0.2) is 8.32 Å². The molecule has 0 amide bonds. The van der Waals surface area contributed by atoms with Gasteiger partial charge in [-0.25, -0.2) is 0 Å². The molecule has 2 aliphatic carbocycles. The summed E-state index contributed by atoms with van der Waals surface area (Å²) in [6, 6.07) is 10.2. The van der Waals surface area contributed by atoms with E-state index in [1.54, 1.807) is 7.11 Å². The Morgan fingerprint density at radius 3 is 2.28 bits per heavy atom. The van der Waals surface area contributed by atoms with Crippen LogP contribution in [0.2, 0.25) is 18.1 Å². The number of ether oxygens (including phenoxy) is 2. The number of esters is 1. The summed E-state index contributed by atoms with van der Waals surface area (Å²) in [4.78, 5) is 13.2. The van der Waals surface area contributed by atoms with Crippen molar-refractivity contribution in [3.05, 3.63) is 58.7 Å². The predicted molar refractivity (Wildman–Crippen MR) is 132 cm³/mol. The normalized spacial score (nSPS) is 25.4. The molecule has 32 heavy (non-hydrogen) atoms. The van der Waals surface area contributed by atoms with Gasteiger partial charge in [-0.1, -0.05) is 71.0 Å². The van der Waals surface area contributed by atoms with Gasteiger partial charge in [-0.15, -0.1) is 0 Å². The minimum absolute atomic E-state index is 0.0660. The Labute approximate surface area is 195 Å². The van der Waals surface area contributed by atoms with Gasteiger partial charge >= 0.3 is 5.97 Å². The fourth-order valence-corrected chi connectivity index (χ4v) is 6.24. The summed E-state index contributed by atoms with van der Waals surface area (Å²) in [7, 11) is 1.18. The minimum Gasteiger partial charge on any atom is -0.469 e. The van der Waals surface area contributed by atoms with Gasteiger partial charge in [0.1, 0.15) is 0 Å². The molecule has 1 aromatic rings. The van der Waals surface area contributed by atoms with Gasteiger partial charge in [-0.3, -0.25) is 4.79 Å². The maximum absolute atomic E-state index is 13.2. The number of hydrogen-bond acceptors (Lipinski definition) is 4. The van der Waals surface area contributed by atoms with Crippen LogP contribution in [0, 0.1) is 11.3 Å². The first-order valence-corrected chi connectivity index (χ1v) is 14.5. The van der Waals surface area contributed by atoms with E-state index in [0.717, 1.165) is 23.1 Å². The van der Waals surface area contributed by atoms with Crippen molar-refractivity contribution in [1.82, 2.24) is 0 Å². The third-order valence-electron chi connectivity index (χ3n) is 7.58. The first-order chi connectivity index (χ1) is 14.8. The average molecular weight is 457 g/mol. The van der Waals surface area contributed by atoms with Crippen molar-refractivity contribution < 1.29 is 18.7 Å². The number of benzene rings is 1. The molecule has 5 heteroatoms. The highest BCUT2D eigenvalue weighted by Gasteiger charge is 2.52. The summed E-state index contributed by atoms with van der Waals surface area (Å²) in [6.45, 7) is 16.4. The van der Waals surface area contributed by atoms with Crippen LogP contribution < -0.4 is 0 Å². The molecule has 0 spiro atoms. The topological polar surface area (TPSA) is 44.8 Å².